The van der Waals surface area contributed by atoms with Crippen LogP contribution in [0.1, 0.15) is 24.4 Å². The van der Waals surface area contributed by atoms with Gasteiger partial charge in [-0.1, -0.05) is 18.2 Å². The standard InChI is InChI=1S/C14H15N5/c1-10(14-17-9-18-19-14)16-8-12-4-2-3-11-7-15-6-5-13(11)12/h2-7,9-10,16H,8H2,1H3,(H,17,18,19). The molecule has 0 fully saturated rings. The Morgan fingerprint density at radius 2 is 2.26 bits per heavy atom. The summed E-state index contributed by atoms with van der Waals surface area (Å²) < 4.78 is 0. The van der Waals surface area contributed by atoms with Crippen LogP contribution in [0, 0.1) is 0 Å². The lowest BCUT2D eigenvalue weighted by atomic mass is 10.1. The molecule has 0 spiro atoms. The summed E-state index contributed by atoms with van der Waals surface area (Å²) in [6, 6.07) is 8.44. The average molecular weight is 253 g/mol. The number of hydrogen-bond acceptors (Lipinski definition) is 4. The van der Waals surface area contributed by atoms with Crippen molar-refractivity contribution in [3.63, 3.8) is 0 Å². The number of hydrogen-bond donors (Lipinski definition) is 2. The molecule has 0 radical (unpaired) electrons. The SMILES string of the molecule is CC(NCc1cccc2cnccc12)c1ncn[nH]1. The van der Waals surface area contributed by atoms with Gasteiger partial charge in [0.25, 0.3) is 0 Å². The molecular weight excluding hydrogens is 238 g/mol. The van der Waals surface area contributed by atoms with Gasteiger partial charge in [0.2, 0.25) is 0 Å². The summed E-state index contributed by atoms with van der Waals surface area (Å²) in [4.78, 5) is 8.30. The molecule has 0 aliphatic heterocycles. The molecule has 1 atom stereocenters. The van der Waals surface area contributed by atoms with Gasteiger partial charge < -0.3 is 5.32 Å². The highest BCUT2D eigenvalue weighted by Gasteiger charge is 2.08. The Labute approximate surface area is 111 Å². The molecule has 2 aromatic heterocycles. The third-order valence-electron chi connectivity index (χ3n) is 3.21. The minimum Gasteiger partial charge on any atom is -0.303 e. The Morgan fingerprint density at radius 3 is 3.11 bits per heavy atom. The molecule has 1 unspecified atom stereocenters. The van der Waals surface area contributed by atoms with Gasteiger partial charge in [-0.3, -0.25) is 10.1 Å². The topological polar surface area (TPSA) is 66.5 Å². The second kappa shape index (κ2) is 5.16. The van der Waals surface area contributed by atoms with E-state index in [1.54, 1.807) is 0 Å². The summed E-state index contributed by atoms with van der Waals surface area (Å²) in [5, 5.41) is 12.6. The molecule has 0 amide bonds. The zero-order chi connectivity index (χ0) is 13.1. The summed E-state index contributed by atoms with van der Waals surface area (Å²) in [7, 11) is 0. The highest BCUT2D eigenvalue weighted by molar-refractivity contribution is 5.84. The molecule has 5 heteroatoms. The lowest BCUT2D eigenvalue weighted by Crippen LogP contribution is -2.19. The number of benzene rings is 1. The fourth-order valence-electron chi connectivity index (χ4n) is 2.13. The molecule has 3 rings (SSSR count). The first-order chi connectivity index (χ1) is 9.34. The molecule has 2 N–H and O–H groups in total. The van der Waals surface area contributed by atoms with Crippen LogP contribution < -0.4 is 5.32 Å². The first kappa shape index (κ1) is 11.8. The number of nitrogens with one attached hydrogen (secondary N) is 2. The Bertz CT molecular complexity index is 657. The third-order valence-corrected chi connectivity index (χ3v) is 3.21. The number of aromatic nitrogens is 4. The number of rotatable bonds is 4. The third kappa shape index (κ3) is 2.46. The molecule has 0 saturated carbocycles. The number of H-pyrrole nitrogens is 1. The minimum atomic E-state index is 0.139. The van der Waals surface area contributed by atoms with Crippen molar-refractivity contribution >= 4 is 10.8 Å². The van der Waals surface area contributed by atoms with Gasteiger partial charge in [-0.25, -0.2) is 4.98 Å². The second-order valence-corrected chi connectivity index (χ2v) is 4.49. The van der Waals surface area contributed by atoms with E-state index in [0.717, 1.165) is 17.8 Å². The largest absolute Gasteiger partial charge is 0.303 e. The lowest BCUT2D eigenvalue weighted by molar-refractivity contribution is 0.549. The summed E-state index contributed by atoms with van der Waals surface area (Å²) in [6.07, 6.45) is 5.24. The lowest BCUT2D eigenvalue weighted by Gasteiger charge is -2.12. The maximum atomic E-state index is 4.15. The van der Waals surface area contributed by atoms with Crippen LogP contribution in [0.3, 0.4) is 0 Å². The smallest absolute Gasteiger partial charge is 0.141 e. The number of aromatic amines is 1. The summed E-state index contributed by atoms with van der Waals surface area (Å²) in [5.41, 5.74) is 1.26. The molecule has 5 nitrogen and oxygen atoms in total. The van der Waals surface area contributed by atoms with Crippen LogP contribution in [0.4, 0.5) is 0 Å². The first-order valence-corrected chi connectivity index (χ1v) is 6.25. The van der Waals surface area contributed by atoms with Gasteiger partial charge >= 0.3 is 0 Å². The van der Waals surface area contributed by atoms with Crippen LogP contribution in [0.2, 0.25) is 0 Å². The Kier molecular flexibility index (Phi) is 3.20. The maximum Gasteiger partial charge on any atom is 0.141 e. The van der Waals surface area contributed by atoms with Crippen LogP contribution in [0.25, 0.3) is 10.8 Å². The monoisotopic (exact) mass is 253 g/mol. The highest BCUT2D eigenvalue weighted by atomic mass is 15.2. The van der Waals surface area contributed by atoms with E-state index < -0.39 is 0 Å². The molecule has 19 heavy (non-hydrogen) atoms. The van der Waals surface area contributed by atoms with Crippen molar-refractivity contribution in [1.82, 2.24) is 25.5 Å². The summed E-state index contributed by atoms with van der Waals surface area (Å²) >= 11 is 0. The van der Waals surface area contributed by atoms with Gasteiger partial charge in [0.1, 0.15) is 12.2 Å². The van der Waals surface area contributed by atoms with E-state index in [1.807, 2.05) is 18.5 Å². The normalized spacial score (nSPS) is 12.7. The van der Waals surface area contributed by atoms with E-state index in [-0.39, 0.29) is 6.04 Å². The summed E-state index contributed by atoms with van der Waals surface area (Å²) in [5.74, 6) is 0.849. The van der Waals surface area contributed by atoms with Crippen molar-refractivity contribution in [3.8, 4) is 0 Å². The fraction of sp³-hybridized carbons (Fsp3) is 0.214. The van der Waals surface area contributed by atoms with Gasteiger partial charge in [-0.2, -0.15) is 5.10 Å². The molecule has 0 aliphatic carbocycles. The molecule has 3 aromatic rings. The number of pyridine rings is 1. The number of nitrogens with zero attached hydrogens (tertiary/aromatic N) is 3. The average Bonchev–Trinajstić information content (AvgIpc) is 2.99. The van der Waals surface area contributed by atoms with Crippen LogP contribution in [0.5, 0.6) is 0 Å². The van der Waals surface area contributed by atoms with Crippen LogP contribution >= 0.6 is 0 Å². The van der Waals surface area contributed by atoms with Crippen molar-refractivity contribution in [2.24, 2.45) is 0 Å². The molecule has 2 heterocycles. The fourth-order valence-corrected chi connectivity index (χ4v) is 2.13. The number of fused-ring (bicyclic) bond motifs is 1. The minimum absolute atomic E-state index is 0.139. The Morgan fingerprint density at radius 1 is 1.32 bits per heavy atom. The van der Waals surface area contributed by atoms with Gasteiger partial charge in [0.15, 0.2) is 0 Å². The van der Waals surface area contributed by atoms with Crippen molar-refractivity contribution in [2.45, 2.75) is 19.5 Å². The van der Waals surface area contributed by atoms with E-state index in [2.05, 4.69) is 50.6 Å². The van der Waals surface area contributed by atoms with Crippen LogP contribution in [-0.2, 0) is 6.54 Å². The van der Waals surface area contributed by atoms with E-state index in [9.17, 15) is 0 Å². The van der Waals surface area contributed by atoms with Crippen LogP contribution in [-0.4, -0.2) is 20.2 Å². The predicted molar refractivity (Wildman–Crippen MR) is 73.4 cm³/mol. The van der Waals surface area contributed by atoms with E-state index in [1.165, 1.54) is 17.3 Å². The van der Waals surface area contributed by atoms with Crippen molar-refractivity contribution in [3.05, 3.63) is 54.4 Å². The summed E-state index contributed by atoms with van der Waals surface area (Å²) in [6.45, 7) is 2.84. The van der Waals surface area contributed by atoms with E-state index in [4.69, 9.17) is 0 Å². The van der Waals surface area contributed by atoms with Gasteiger partial charge in [-0.15, -0.1) is 0 Å². The van der Waals surface area contributed by atoms with Gasteiger partial charge in [0.05, 0.1) is 6.04 Å². The van der Waals surface area contributed by atoms with E-state index in [0.29, 0.717) is 0 Å². The molecule has 1 aromatic carbocycles. The Balaban J connectivity index is 1.79. The first-order valence-electron chi connectivity index (χ1n) is 6.25. The molecular formula is C14H15N5. The molecule has 96 valence electrons. The Hall–Kier alpha value is -2.27. The van der Waals surface area contributed by atoms with Gasteiger partial charge in [-0.05, 0) is 23.9 Å². The predicted octanol–water partition coefficient (Wildman–Crippen LogP) is 2.20. The second-order valence-electron chi connectivity index (χ2n) is 4.49. The van der Waals surface area contributed by atoms with E-state index >= 15 is 0 Å². The molecule has 0 bridgehead atoms. The van der Waals surface area contributed by atoms with Crippen molar-refractivity contribution in [2.75, 3.05) is 0 Å². The molecule has 0 aliphatic rings. The van der Waals surface area contributed by atoms with Gasteiger partial charge in [0, 0.05) is 24.3 Å². The van der Waals surface area contributed by atoms with Crippen molar-refractivity contribution in [1.29, 1.82) is 0 Å². The highest BCUT2D eigenvalue weighted by Crippen LogP contribution is 2.18. The zero-order valence-electron chi connectivity index (χ0n) is 10.7. The zero-order valence-corrected chi connectivity index (χ0v) is 10.7. The quantitative estimate of drug-likeness (QED) is 0.748. The van der Waals surface area contributed by atoms with Crippen molar-refractivity contribution < 1.29 is 0 Å². The molecule has 0 saturated heterocycles. The maximum absolute atomic E-state index is 4.15. The van der Waals surface area contributed by atoms with Crippen LogP contribution in [0.15, 0.2) is 43.0 Å².